The Bertz CT molecular complexity index is 1630. The number of aliphatic hydroxyl groups is 4. The van der Waals surface area contributed by atoms with Crippen LogP contribution in [-0.2, 0) is 67.2 Å². The van der Waals surface area contributed by atoms with Crippen LogP contribution in [0.25, 0.3) is 0 Å². The molecule has 1 aromatic carbocycles. The van der Waals surface area contributed by atoms with Crippen LogP contribution in [-0.4, -0.2) is 173 Å². The number of carbonyl (C=O) groups excluding carboxylic acids is 3. The first-order valence-corrected chi connectivity index (χ1v) is 20.3. The molecule has 0 saturated carbocycles. The van der Waals surface area contributed by atoms with Gasteiger partial charge in [-0.2, -0.15) is 0 Å². The molecule has 23 heteroatoms. The zero-order chi connectivity index (χ0) is 45.3. The minimum absolute atomic E-state index is 0.103. The van der Waals surface area contributed by atoms with E-state index < -0.39 is 80.0 Å². The Labute approximate surface area is 357 Å². The van der Waals surface area contributed by atoms with Gasteiger partial charge in [0.05, 0.1) is 90.3 Å². The number of aliphatic hydroxyl groups excluding tert-OH is 4. The van der Waals surface area contributed by atoms with Crippen molar-refractivity contribution in [1.82, 2.24) is 30.9 Å². The van der Waals surface area contributed by atoms with E-state index in [0.29, 0.717) is 96.3 Å². The number of hydrogen-bond acceptors (Lipinski definition) is 16. The number of carboxylic acids is 1. The molecule has 1 aliphatic rings. The number of amides is 3. The molecule has 6 atom stereocenters. The first-order valence-electron chi connectivity index (χ1n) is 20.3. The van der Waals surface area contributed by atoms with Crippen molar-refractivity contribution in [2.45, 2.75) is 101 Å². The van der Waals surface area contributed by atoms with Crippen LogP contribution in [0, 0.1) is 0 Å². The topological polar surface area (TPSA) is 292 Å². The second-order valence-corrected chi connectivity index (χ2v) is 14.4. The van der Waals surface area contributed by atoms with E-state index >= 15 is 0 Å². The van der Waals surface area contributed by atoms with Gasteiger partial charge in [-0.15, -0.1) is 5.10 Å². The quantitative estimate of drug-likeness (QED) is 0.0408. The van der Waals surface area contributed by atoms with Crippen LogP contribution in [0.4, 0.5) is 8.78 Å². The number of alkyl halides is 2. The average Bonchev–Trinajstić information content (AvgIpc) is 3.70. The zero-order valence-electron chi connectivity index (χ0n) is 34.7. The molecular formula is C39H60F2N6O15. The average molecular weight is 891 g/mol. The van der Waals surface area contributed by atoms with Crippen LogP contribution in [0.3, 0.4) is 0 Å². The minimum Gasteiger partial charge on any atom is -0.477 e. The molecular weight excluding hydrogens is 830 g/mol. The van der Waals surface area contributed by atoms with E-state index in [1.54, 1.807) is 10.9 Å². The van der Waals surface area contributed by atoms with Gasteiger partial charge in [0.1, 0.15) is 24.5 Å². The Morgan fingerprint density at radius 3 is 2.18 bits per heavy atom. The van der Waals surface area contributed by atoms with Crippen LogP contribution in [0.15, 0.2) is 30.5 Å². The van der Waals surface area contributed by atoms with Crippen molar-refractivity contribution < 1.29 is 81.9 Å². The Morgan fingerprint density at radius 2 is 1.55 bits per heavy atom. The van der Waals surface area contributed by atoms with Gasteiger partial charge in [0.25, 0.3) is 12.2 Å². The normalized spacial score (nSPS) is 19.8. The van der Waals surface area contributed by atoms with E-state index in [4.69, 9.17) is 28.4 Å². The number of halogens is 2. The Morgan fingerprint density at radius 1 is 0.903 bits per heavy atom. The van der Waals surface area contributed by atoms with Crippen LogP contribution in [0.2, 0.25) is 0 Å². The predicted molar refractivity (Wildman–Crippen MR) is 210 cm³/mol. The molecule has 3 amide bonds. The third kappa shape index (κ3) is 19.0. The Hall–Kier alpha value is -4.30. The summed E-state index contributed by atoms with van der Waals surface area (Å²) in [7, 11) is 0. The smallest absolute Gasteiger partial charge is 0.364 e. The molecule has 62 heavy (non-hydrogen) atoms. The number of nitrogens with one attached hydrogen (secondary N) is 3. The molecule has 1 aromatic heterocycles. The van der Waals surface area contributed by atoms with Crippen molar-refractivity contribution in [2.24, 2.45) is 0 Å². The van der Waals surface area contributed by atoms with Gasteiger partial charge in [-0.1, -0.05) is 42.3 Å². The van der Waals surface area contributed by atoms with Crippen LogP contribution >= 0.6 is 0 Å². The number of nitrogens with zero attached hydrogens (tertiary/aromatic N) is 3. The molecule has 0 unspecified atom stereocenters. The molecule has 1 fully saturated rings. The van der Waals surface area contributed by atoms with Crippen molar-refractivity contribution in [3.63, 3.8) is 0 Å². The molecule has 0 aliphatic carbocycles. The van der Waals surface area contributed by atoms with Gasteiger partial charge in [-0.25, -0.2) is 13.6 Å². The molecule has 21 nitrogen and oxygen atoms in total. The summed E-state index contributed by atoms with van der Waals surface area (Å²) in [4.78, 5) is 47.9. The van der Waals surface area contributed by atoms with Gasteiger partial charge in [-0.3, -0.25) is 19.1 Å². The third-order valence-corrected chi connectivity index (χ3v) is 9.39. The van der Waals surface area contributed by atoms with Gasteiger partial charge in [0, 0.05) is 38.5 Å². The molecule has 350 valence electrons. The van der Waals surface area contributed by atoms with Crippen molar-refractivity contribution in [3.05, 3.63) is 47.3 Å². The number of ether oxygens (including phenoxy) is 6. The molecule has 1 saturated heterocycles. The van der Waals surface area contributed by atoms with Gasteiger partial charge in [0.15, 0.2) is 0 Å². The summed E-state index contributed by atoms with van der Waals surface area (Å²) in [5.41, 5.74) is 0.821. The second-order valence-electron chi connectivity index (χ2n) is 14.4. The largest absolute Gasteiger partial charge is 0.477 e. The maximum atomic E-state index is 12.8. The molecule has 0 bridgehead atoms. The fraction of sp³-hybridized carbons (Fsp3) is 0.692. The summed E-state index contributed by atoms with van der Waals surface area (Å²) in [6.45, 7) is 3.78. The highest BCUT2D eigenvalue weighted by Crippen LogP contribution is 2.34. The van der Waals surface area contributed by atoms with E-state index in [2.05, 4.69) is 26.3 Å². The van der Waals surface area contributed by atoms with E-state index in [9.17, 15) is 53.5 Å². The van der Waals surface area contributed by atoms with Crippen molar-refractivity contribution in [2.75, 3.05) is 72.6 Å². The number of aliphatic carboxylic acids is 1. The lowest BCUT2D eigenvalue weighted by molar-refractivity contribution is -0.310. The molecule has 0 radical (unpaired) electrons. The number of unbranched alkanes of at least 4 members (excludes halogenated alkanes) is 3. The standard InChI is InChI=1S/C39H60F2N6O15/c1-26(49)42-10-13-57-14-15-58-16-17-59-18-19-60-25-29-23-47(46-45-29)11-4-2-3-5-12-61-39(38(55)56)21-30(50)34(44-33(53)24-48)36(62-39)35(54)31(51)22-43-32(52)20-27-6-8-28(9-7-27)37(40)41/h6-9,23,30-31,34-37,48,50-51,54H,2-5,10-22,24-25H2,1H3,(H,42,49)(H,43,52)(H,44,53)(H,55,56)/t30-,31+,34+,35+,36+,39+/m0/s1. The maximum absolute atomic E-state index is 12.8. The van der Waals surface area contributed by atoms with Crippen molar-refractivity contribution in [3.8, 4) is 0 Å². The summed E-state index contributed by atoms with van der Waals surface area (Å²) in [5.74, 6) is -5.85. The second kappa shape index (κ2) is 28.4. The van der Waals surface area contributed by atoms with Crippen molar-refractivity contribution >= 4 is 23.7 Å². The third-order valence-electron chi connectivity index (χ3n) is 9.39. The SMILES string of the molecule is CC(=O)NCCOCCOCCOCCOCc1cn(CCCCCCO[C@]2(C(=O)O)C[C@H](O)[C@@H](NC(=O)CO)[C@H]([C@H](O)[C@H](O)CNC(=O)Cc3ccc(C(F)F)cc3)O2)nn1. The summed E-state index contributed by atoms with van der Waals surface area (Å²) < 4.78 is 60.6. The van der Waals surface area contributed by atoms with E-state index in [1.165, 1.54) is 31.2 Å². The number of carbonyl (C=O) groups is 4. The number of hydrogen-bond donors (Lipinski definition) is 8. The molecule has 8 N–H and O–H groups in total. The molecule has 0 spiro atoms. The summed E-state index contributed by atoms with van der Waals surface area (Å²) in [6, 6.07) is 3.53. The van der Waals surface area contributed by atoms with Crippen LogP contribution in [0.5, 0.6) is 0 Å². The van der Waals surface area contributed by atoms with E-state index in [-0.39, 0.29) is 31.1 Å². The maximum Gasteiger partial charge on any atom is 0.364 e. The van der Waals surface area contributed by atoms with Crippen LogP contribution < -0.4 is 16.0 Å². The minimum atomic E-state index is -2.68. The highest BCUT2D eigenvalue weighted by molar-refractivity contribution is 5.79. The predicted octanol–water partition coefficient (Wildman–Crippen LogP) is -1.02. The highest BCUT2D eigenvalue weighted by Gasteiger charge is 2.55. The molecule has 2 heterocycles. The fourth-order valence-corrected chi connectivity index (χ4v) is 6.15. The number of aryl methyl sites for hydroxylation is 1. The van der Waals surface area contributed by atoms with Crippen molar-refractivity contribution in [1.29, 1.82) is 0 Å². The highest BCUT2D eigenvalue weighted by atomic mass is 19.3. The number of rotatable bonds is 32. The number of carboxylic acid groups (broad SMARTS) is 1. The first kappa shape index (κ1) is 52.0. The van der Waals surface area contributed by atoms with Gasteiger partial charge in [0.2, 0.25) is 17.7 Å². The monoisotopic (exact) mass is 890 g/mol. The molecule has 2 aromatic rings. The van der Waals surface area contributed by atoms with Gasteiger partial charge in [-0.05, 0) is 18.4 Å². The molecule has 3 rings (SSSR count). The van der Waals surface area contributed by atoms with E-state index in [0.717, 1.165) is 0 Å². The lowest BCUT2D eigenvalue weighted by Gasteiger charge is -2.46. The summed E-state index contributed by atoms with van der Waals surface area (Å²) >= 11 is 0. The zero-order valence-corrected chi connectivity index (χ0v) is 34.7. The summed E-state index contributed by atoms with van der Waals surface area (Å²) in [6.07, 6.45) is -6.71. The number of benzene rings is 1. The van der Waals surface area contributed by atoms with Gasteiger partial charge < -0.3 is 69.9 Å². The first-order chi connectivity index (χ1) is 29.7. The van der Waals surface area contributed by atoms with Gasteiger partial charge >= 0.3 is 5.97 Å². The lowest BCUT2D eigenvalue weighted by atomic mass is 9.88. The fourth-order valence-electron chi connectivity index (χ4n) is 6.15. The Balaban J connectivity index is 1.36. The Kier molecular flexibility index (Phi) is 23.8. The molecule has 1 aliphatic heterocycles. The lowest BCUT2D eigenvalue weighted by Crippen LogP contribution is -2.68. The summed E-state index contributed by atoms with van der Waals surface area (Å²) in [5, 5.41) is 67.9. The number of aromatic nitrogens is 3. The van der Waals surface area contributed by atoms with E-state index in [1.807, 2.05) is 0 Å². The van der Waals surface area contributed by atoms with Crippen LogP contribution in [0.1, 0.15) is 62.3 Å².